The molecule has 3 heterocycles. The minimum Gasteiger partial charge on any atom is -0.464 e. The largest absolute Gasteiger partial charge is 0.464 e. The molecule has 15 nitrogen and oxygen atoms in total. The highest BCUT2D eigenvalue weighted by Gasteiger charge is 2.48. The van der Waals surface area contributed by atoms with Gasteiger partial charge in [0.1, 0.15) is 6.61 Å². The number of esters is 1. The minimum absolute atomic E-state index is 0.0507. The number of unbranched alkanes of at least 4 members (excludes halogenated alkanes) is 1. The highest BCUT2D eigenvalue weighted by atomic mass is 33.1. The molecule has 3 rings (SSSR count). The molecule has 19 heteroatoms. The number of imide groups is 1. The Balaban J connectivity index is 1.13. The number of hydroxylamine groups is 2. The van der Waals surface area contributed by atoms with Crippen molar-refractivity contribution in [3.05, 3.63) is 0 Å². The number of hydrogen-bond donors (Lipinski definition) is 4. The van der Waals surface area contributed by atoms with Crippen molar-refractivity contribution < 1.29 is 51.3 Å². The predicted molar refractivity (Wildman–Crippen MR) is 150 cm³/mol. The van der Waals surface area contributed by atoms with Crippen molar-refractivity contribution in [3.8, 4) is 0 Å². The van der Waals surface area contributed by atoms with Crippen LogP contribution in [0.2, 0.25) is 0 Å². The first kappa shape index (κ1) is 33.3. The third-order valence-corrected chi connectivity index (χ3v) is 11.2. The second-order valence-corrected chi connectivity index (χ2v) is 14.9. The Morgan fingerprint density at radius 3 is 2.44 bits per heavy atom. The first-order valence-corrected chi connectivity index (χ1v) is 17.9. The summed E-state index contributed by atoms with van der Waals surface area (Å²) in [5.41, 5.74) is 0. The Labute approximate surface area is 248 Å². The van der Waals surface area contributed by atoms with Crippen molar-refractivity contribution >= 4 is 79.2 Å². The van der Waals surface area contributed by atoms with Crippen LogP contribution in [0.5, 0.6) is 0 Å². The Hall–Kier alpha value is -2.22. The standard InChI is InChI=1S/C22H32N4O11S4/c27-16(4-2-1-3-14-20-13(12-38-14)24-22(32)25-20)23-7-8-36-18(29)5-9-39-40-10-6-19(30)37-26-17(28)11-15(21(26)31)41(33,34)35/h13-15,20H,1-12H2,(H,23,27)(H2,24,25,32)(H,33,34,35)/t13-,14-,15-,20-/m0/s1. The van der Waals surface area contributed by atoms with Gasteiger partial charge in [0.15, 0.2) is 5.25 Å². The lowest BCUT2D eigenvalue weighted by Gasteiger charge is -2.16. The van der Waals surface area contributed by atoms with Gasteiger partial charge in [0.25, 0.3) is 21.9 Å². The van der Waals surface area contributed by atoms with E-state index in [9.17, 15) is 37.2 Å². The van der Waals surface area contributed by atoms with E-state index >= 15 is 0 Å². The molecule has 230 valence electrons. The van der Waals surface area contributed by atoms with Gasteiger partial charge in [-0.15, -0.1) is 5.06 Å². The predicted octanol–water partition coefficient (Wildman–Crippen LogP) is 0.00670. The number of rotatable bonds is 17. The van der Waals surface area contributed by atoms with Crippen LogP contribution in [0.25, 0.3) is 0 Å². The first-order chi connectivity index (χ1) is 19.5. The second-order valence-electron chi connectivity index (χ2n) is 9.28. The van der Waals surface area contributed by atoms with Crippen molar-refractivity contribution in [2.75, 3.05) is 30.4 Å². The molecule has 41 heavy (non-hydrogen) atoms. The van der Waals surface area contributed by atoms with E-state index in [-0.39, 0.29) is 60.8 Å². The summed E-state index contributed by atoms with van der Waals surface area (Å²) in [6.07, 6.45) is 2.04. The molecule has 0 saturated carbocycles. The maximum absolute atomic E-state index is 12.0. The molecule has 3 saturated heterocycles. The summed E-state index contributed by atoms with van der Waals surface area (Å²) in [7, 11) is -2.25. The molecule has 3 fully saturated rings. The SMILES string of the molecule is O=C(CCCC[C@@H]1SC[C@@H]2NC(=O)N[C@@H]21)NCCOC(=O)CCSSCCC(=O)ON1C(=O)C[C@H](S(=O)(=O)O)C1=O. The molecule has 0 aliphatic carbocycles. The highest BCUT2D eigenvalue weighted by molar-refractivity contribution is 8.76. The topological polar surface area (TPSA) is 215 Å². The van der Waals surface area contributed by atoms with Crippen molar-refractivity contribution in [1.29, 1.82) is 0 Å². The number of thioether (sulfide) groups is 1. The van der Waals surface area contributed by atoms with Gasteiger partial charge >= 0.3 is 18.0 Å². The summed E-state index contributed by atoms with van der Waals surface area (Å²) in [5.74, 6) is -2.32. The molecule has 0 aromatic carbocycles. The van der Waals surface area contributed by atoms with E-state index < -0.39 is 45.5 Å². The lowest BCUT2D eigenvalue weighted by atomic mass is 10.0. The Bertz CT molecular complexity index is 1120. The summed E-state index contributed by atoms with van der Waals surface area (Å²) in [6, 6.07) is 0.237. The number of urea groups is 1. The maximum Gasteiger partial charge on any atom is 0.334 e. The zero-order chi connectivity index (χ0) is 30.0. The van der Waals surface area contributed by atoms with E-state index in [1.807, 2.05) is 11.8 Å². The van der Waals surface area contributed by atoms with Crippen molar-refractivity contribution in [2.24, 2.45) is 0 Å². The molecular weight excluding hydrogens is 625 g/mol. The van der Waals surface area contributed by atoms with Gasteiger partial charge in [-0.05, 0) is 12.8 Å². The number of carbonyl (C=O) groups excluding carboxylic acids is 6. The molecule has 3 aliphatic heterocycles. The maximum atomic E-state index is 12.0. The van der Waals surface area contributed by atoms with Crippen LogP contribution in [0.15, 0.2) is 0 Å². The monoisotopic (exact) mass is 656 g/mol. The summed E-state index contributed by atoms with van der Waals surface area (Å²) in [6.45, 7) is 0.261. The van der Waals surface area contributed by atoms with Gasteiger partial charge in [0.05, 0.1) is 37.9 Å². The number of hydrogen-bond acceptors (Lipinski definition) is 13. The van der Waals surface area contributed by atoms with Crippen LogP contribution in [0, 0.1) is 0 Å². The molecule has 0 unspecified atom stereocenters. The first-order valence-electron chi connectivity index (χ1n) is 12.8. The van der Waals surface area contributed by atoms with E-state index in [1.54, 1.807) is 0 Å². The van der Waals surface area contributed by atoms with E-state index in [0.717, 1.165) is 25.0 Å². The van der Waals surface area contributed by atoms with Crippen molar-refractivity contribution in [2.45, 2.75) is 67.5 Å². The van der Waals surface area contributed by atoms with Crippen molar-refractivity contribution in [3.63, 3.8) is 0 Å². The van der Waals surface area contributed by atoms with Gasteiger partial charge < -0.3 is 25.5 Å². The number of fused-ring (bicyclic) bond motifs is 1. The Kier molecular flexibility index (Phi) is 12.9. The average Bonchev–Trinajstić information content (AvgIpc) is 3.54. The third-order valence-electron chi connectivity index (χ3n) is 6.25. The van der Waals surface area contributed by atoms with Crippen LogP contribution in [-0.4, -0.2) is 107 Å². The molecule has 4 atom stereocenters. The van der Waals surface area contributed by atoms with Crippen LogP contribution in [0.3, 0.4) is 0 Å². The van der Waals surface area contributed by atoms with E-state index in [4.69, 9.17) is 9.29 Å². The van der Waals surface area contributed by atoms with E-state index in [1.165, 1.54) is 21.6 Å². The molecule has 5 amide bonds. The smallest absolute Gasteiger partial charge is 0.334 e. The summed E-state index contributed by atoms with van der Waals surface area (Å²) >= 11 is 1.84. The lowest BCUT2D eigenvalue weighted by Crippen LogP contribution is -2.36. The molecular formula is C22H32N4O11S4. The van der Waals surface area contributed by atoms with Gasteiger partial charge in [-0.25, -0.2) is 9.59 Å². The van der Waals surface area contributed by atoms with Crippen LogP contribution in [-0.2, 0) is 43.7 Å². The third kappa shape index (κ3) is 10.5. The number of nitrogens with zero attached hydrogens (tertiary/aromatic N) is 1. The van der Waals surface area contributed by atoms with Crippen LogP contribution < -0.4 is 16.0 Å². The average molecular weight is 657 g/mol. The normalized spacial score (nSPS) is 23.6. The molecule has 4 N–H and O–H groups in total. The van der Waals surface area contributed by atoms with Crippen LogP contribution in [0.1, 0.15) is 44.9 Å². The molecule has 3 aliphatic rings. The zero-order valence-corrected chi connectivity index (χ0v) is 25.2. The Morgan fingerprint density at radius 1 is 1.05 bits per heavy atom. The van der Waals surface area contributed by atoms with Crippen LogP contribution >= 0.6 is 33.3 Å². The lowest BCUT2D eigenvalue weighted by molar-refractivity contribution is -0.197. The summed E-state index contributed by atoms with van der Waals surface area (Å²) in [5, 5.41) is 7.00. The van der Waals surface area contributed by atoms with Gasteiger partial charge in [0, 0.05) is 28.9 Å². The van der Waals surface area contributed by atoms with Gasteiger partial charge in [0.2, 0.25) is 5.91 Å². The fourth-order valence-corrected chi connectivity index (χ4v) is 8.41. The number of ether oxygens (including phenoxy) is 1. The Morgan fingerprint density at radius 2 is 1.76 bits per heavy atom. The fourth-order valence-electron chi connectivity index (χ4n) is 4.22. The molecule has 0 aromatic heterocycles. The quantitative estimate of drug-likeness (QED) is 0.0405. The zero-order valence-electron chi connectivity index (χ0n) is 21.9. The fraction of sp³-hybridized carbons (Fsp3) is 0.727. The summed E-state index contributed by atoms with van der Waals surface area (Å²) in [4.78, 5) is 75.2. The molecule has 0 spiro atoms. The highest BCUT2D eigenvalue weighted by Crippen LogP contribution is 2.33. The number of nitrogens with one attached hydrogen (secondary N) is 3. The molecule has 0 bridgehead atoms. The molecule has 0 aromatic rings. The minimum atomic E-state index is -4.79. The van der Waals surface area contributed by atoms with Gasteiger partial charge in [-0.2, -0.15) is 20.2 Å². The summed E-state index contributed by atoms with van der Waals surface area (Å²) < 4.78 is 36.2. The van der Waals surface area contributed by atoms with E-state index in [2.05, 4.69) is 20.8 Å². The van der Waals surface area contributed by atoms with Crippen LogP contribution in [0.4, 0.5) is 4.79 Å². The van der Waals surface area contributed by atoms with Gasteiger partial charge in [-0.3, -0.25) is 23.7 Å². The number of amides is 5. The number of carbonyl (C=O) groups is 6. The molecule has 0 radical (unpaired) electrons. The van der Waals surface area contributed by atoms with Crippen molar-refractivity contribution in [1.82, 2.24) is 21.0 Å². The second kappa shape index (κ2) is 15.9. The van der Waals surface area contributed by atoms with E-state index in [0.29, 0.717) is 17.4 Å². The van der Waals surface area contributed by atoms with Gasteiger partial charge in [-0.1, -0.05) is 28.0 Å².